The molecule has 1 aromatic heterocycles. The summed E-state index contributed by atoms with van der Waals surface area (Å²) in [7, 11) is 0. The molecule has 1 amide bonds. The average Bonchev–Trinajstić information content (AvgIpc) is 2.56. The zero-order valence-corrected chi connectivity index (χ0v) is 13.7. The van der Waals surface area contributed by atoms with Crippen LogP contribution in [0.25, 0.3) is 11.1 Å². The van der Waals surface area contributed by atoms with Crippen LogP contribution in [0.4, 0.5) is 24.8 Å². The van der Waals surface area contributed by atoms with Crippen LogP contribution in [0.2, 0.25) is 0 Å². The molecule has 0 saturated carbocycles. The van der Waals surface area contributed by atoms with Crippen LogP contribution < -0.4 is 11.1 Å². The van der Waals surface area contributed by atoms with Crippen molar-refractivity contribution in [3.05, 3.63) is 77.1 Å². The lowest BCUT2D eigenvalue weighted by Crippen LogP contribution is -2.13. The first-order valence-corrected chi connectivity index (χ1v) is 7.64. The lowest BCUT2D eigenvalue weighted by molar-refractivity contribution is 0.102. The molecular formula is C19H14F3N3O. The van der Waals surface area contributed by atoms with Gasteiger partial charge < -0.3 is 11.1 Å². The maximum atomic E-state index is 13.9. The number of nitrogens with one attached hydrogen (secondary N) is 1. The normalized spacial score (nSPS) is 10.6. The van der Waals surface area contributed by atoms with Gasteiger partial charge in [0.15, 0.2) is 0 Å². The van der Waals surface area contributed by atoms with Gasteiger partial charge >= 0.3 is 0 Å². The highest BCUT2D eigenvalue weighted by Crippen LogP contribution is 2.31. The highest BCUT2D eigenvalue weighted by atomic mass is 19.1. The topological polar surface area (TPSA) is 68.0 Å². The van der Waals surface area contributed by atoms with Gasteiger partial charge in [-0.3, -0.25) is 4.79 Å². The first kappa shape index (κ1) is 17.5. The van der Waals surface area contributed by atoms with Crippen molar-refractivity contribution < 1.29 is 18.0 Å². The summed E-state index contributed by atoms with van der Waals surface area (Å²) in [5.74, 6) is -3.68. The Morgan fingerprint density at radius 2 is 1.62 bits per heavy atom. The molecule has 132 valence electrons. The molecule has 26 heavy (non-hydrogen) atoms. The molecule has 3 rings (SSSR count). The Hall–Kier alpha value is -3.35. The van der Waals surface area contributed by atoms with Gasteiger partial charge in [0, 0.05) is 23.3 Å². The number of rotatable bonds is 3. The second kappa shape index (κ2) is 6.87. The van der Waals surface area contributed by atoms with Gasteiger partial charge in [-0.2, -0.15) is 0 Å². The van der Waals surface area contributed by atoms with Crippen molar-refractivity contribution in [2.24, 2.45) is 0 Å². The van der Waals surface area contributed by atoms with E-state index in [1.165, 1.54) is 12.1 Å². The van der Waals surface area contributed by atoms with Gasteiger partial charge in [0.2, 0.25) is 0 Å². The van der Waals surface area contributed by atoms with Gasteiger partial charge in [-0.25, -0.2) is 18.2 Å². The van der Waals surface area contributed by atoms with Gasteiger partial charge in [0.05, 0.1) is 5.56 Å². The maximum absolute atomic E-state index is 13.9. The average molecular weight is 357 g/mol. The molecule has 0 bridgehead atoms. The van der Waals surface area contributed by atoms with Crippen LogP contribution in [0.3, 0.4) is 0 Å². The molecule has 7 heteroatoms. The summed E-state index contributed by atoms with van der Waals surface area (Å²) in [6.07, 6.45) is 0. The Morgan fingerprint density at radius 3 is 2.19 bits per heavy atom. The van der Waals surface area contributed by atoms with E-state index >= 15 is 0 Å². The first-order chi connectivity index (χ1) is 12.3. The van der Waals surface area contributed by atoms with Crippen molar-refractivity contribution >= 4 is 17.5 Å². The molecule has 0 spiro atoms. The molecule has 0 aliphatic rings. The van der Waals surface area contributed by atoms with Crippen molar-refractivity contribution in [1.82, 2.24) is 4.98 Å². The highest BCUT2D eigenvalue weighted by molar-refractivity contribution is 6.04. The van der Waals surface area contributed by atoms with E-state index in [9.17, 15) is 18.0 Å². The smallest absolute Gasteiger partial charge is 0.256 e. The summed E-state index contributed by atoms with van der Waals surface area (Å²) in [6, 6.07) is 10.7. The van der Waals surface area contributed by atoms with E-state index in [4.69, 9.17) is 5.73 Å². The predicted molar refractivity (Wildman–Crippen MR) is 93.1 cm³/mol. The lowest BCUT2D eigenvalue weighted by atomic mass is 10.0. The van der Waals surface area contributed by atoms with Crippen molar-refractivity contribution in [1.29, 1.82) is 0 Å². The van der Waals surface area contributed by atoms with E-state index in [1.807, 2.05) is 6.92 Å². The fourth-order valence-corrected chi connectivity index (χ4v) is 2.45. The molecule has 0 aliphatic carbocycles. The Labute approximate surface area is 147 Å². The highest BCUT2D eigenvalue weighted by Gasteiger charge is 2.17. The largest absolute Gasteiger partial charge is 0.383 e. The molecule has 3 aromatic rings. The predicted octanol–water partition coefficient (Wildman–Crippen LogP) is 4.31. The van der Waals surface area contributed by atoms with Crippen LogP contribution in [0.15, 0.2) is 48.5 Å². The molecule has 0 fully saturated rings. The summed E-state index contributed by atoms with van der Waals surface area (Å²) in [6.45, 7) is 1.90. The van der Waals surface area contributed by atoms with E-state index in [0.29, 0.717) is 17.7 Å². The Bertz CT molecular complexity index is 965. The molecule has 0 atom stereocenters. The van der Waals surface area contributed by atoms with Gasteiger partial charge in [-0.15, -0.1) is 0 Å². The zero-order chi connectivity index (χ0) is 18.8. The molecule has 4 nitrogen and oxygen atoms in total. The second-order valence-corrected chi connectivity index (χ2v) is 5.69. The lowest BCUT2D eigenvalue weighted by Gasteiger charge is -2.11. The summed E-state index contributed by atoms with van der Waals surface area (Å²) in [5, 5.41) is 2.56. The number of pyridine rings is 1. The molecule has 0 radical (unpaired) electrons. The number of nitrogens with two attached hydrogens (primary N) is 1. The number of anilines is 2. The second-order valence-electron chi connectivity index (χ2n) is 5.69. The molecule has 1 heterocycles. The number of aryl methyl sites for hydroxylation is 1. The van der Waals surface area contributed by atoms with Gasteiger partial charge in [0.25, 0.3) is 5.91 Å². The standard InChI is InChI=1S/C19H14F3N3O/c1-10-2-4-11(5-3-10)19(26)25-16-7-6-13(18(23)24-16)17-14(21)8-12(20)9-15(17)22/h2-9H,1H3,(H3,23,24,25,26). The number of aromatic nitrogens is 1. The van der Waals surface area contributed by atoms with Crippen LogP contribution in [0, 0.1) is 24.4 Å². The third-order valence-corrected chi connectivity index (χ3v) is 3.76. The zero-order valence-electron chi connectivity index (χ0n) is 13.7. The molecule has 0 aliphatic heterocycles. The number of amides is 1. The minimum Gasteiger partial charge on any atom is -0.383 e. The molecule has 0 unspecified atom stereocenters. The van der Waals surface area contributed by atoms with E-state index in [1.54, 1.807) is 24.3 Å². The molecule has 3 N–H and O–H groups in total. The monoisotopic (exact) mass is 357 g/mol. The van der Waals surface area contributed by atoms with Crippen LogP contribution >= 0.6 is 0 Å². The third-order valence-electron chi connectivity index (χ3n) is 3.76. The Kier molecular flexibility index (Phi) is 4.62. The van der Waals surface area contributed by atoms with Crippen molar-refractivity contribution in [3.63, 3.8) is 0 Å². The summed E-state index contributed by atoms with van der Waals surface area (Å²) in [5.41, 5.74) is 6.70. The molecule has 2 aromatic carbocycles. The fourth-order valence-electron chi connectivity index (χ4n) is 2.45. The van der Waals surface area contributed by atoms with Crippen LogP contribution in [-0.2, 0) is 0 Å². The Morgan fingerprint density at radius 1 is 1.00 bits per heavy atom. The van der Waals surface area contributed by atoms with E-state index in [0.717, 1.165) is 5.56 Å². The minimum absolute atomic E-state index is 0.0339. The first-order valence-electron chi connectivity index (χ1n) is 7.64. The number of hydrogen-bond donors (Lipinski definition) is 2. The van der Waals surface area contributed by atoms with Crippen LogP contribution in [-0.4, -0.2) is 10.9 Å². The van der Waals surface area contributed by atoms with E-state index < -0.39 is 28.9 Å². The number of halogens is 3. The van der Waals surface area contributed by atoms with Crippen molar-refractivity contribution in [3.8, 4) is 11.1 Å². The van der Waals surface area contributed by atoms with Crippen LogP contribution in [0.5, 0.6) is 0 Å². The van der Waals surface area contributed by atoms with Gasteiger partial charge in [-0.05, 0) is 31.2 Å². The van der Waals surface area contributed by atoms with Crippen molar-refractivity contribution in [2.45, 2.75) is 6.92 Å². The molecular weight excluding hydrogens is 343 g/mol. The summed E-state index contributed by atoms with van der Waals surface area (Å²) < 4.78 is 40.9. The quantitative estimate of drug-likeness (QED) is 0.734. The van der Waals surface area contributed by atoms with E-state index in [-0.39, 0.29) is 17.2 Å². The summed E-state index contributed by atoms with van der Waals surface area (Å²) in [4.78, 5) is 16.1. The number of nitrogens with zero attached hydrogens (tertiary/aromatic N) is 1. The van der Waals surface area contributed by atoms with Gasteiger partial charge in [-0.1, -0.05) is 17.7 Å². The SMILES string of the molecule is Cc1ccc(C(=O)Nc2ccc(-c3c(F)cc(F)cc3F)c(N)n2)cc1. The number of hydrogen-bond acceptors (Lipinski definition) is 3. The van der Waals surface area contributed by atoms with Gasteiger partial charge in [0.1, 0.15) is 29.1 Å². The number of carbonyl (C=O) groups excluding carboxylic acids is 1. The molecule has 0 saturated heterocycles. The number of carbonyl (C=O) groups is 1. The maximum Gasteiger partial charge on any atom is 0.256 e. The van der Waals surface area contributed by atoms with Crippen molar-refractivity contribution in [2.75, 3.05) is 11.1 Å². The van der Waals surface area contributed by atoms with Crippen LogP contribution in [0.1, 0.15) is 15.9 Å². The minimum atomic E-state index is -1.09. The number of nitrogen functional groups attached to an aromatic ring is 1. The fraction of sp³-hybridized carbons (Fsp3) is 0.0526. The third kappa shape index (κ3) is 3.51. The Balaban J connectivity index is 1.89. The van der Waals surface area contributed by atoms with E-state index in [2.05, 4.69) is 10.3 Å². The summed E-state index contributed by atoms with van der Waals surface area (Å²) >= 11 is 0. The number of benzene rings is 2.